The molecule has 170 valence electrons. The highest BCUT2D eigenvalue weighted by atomic mass is 19.4. The van der Waals surface area contributed by atoms with Crippen molar-refractivity contribution in [3.63, 3.8) is 0 Å². The van der Waals surface area contributed by atoms with E-state index in [-0.39, 0.29) is 53.6 Å². The van der Waals surface area contributed by atoms with Gasteiger partial charge < -0.3 is 15.5 Å². The number of carbonyl (C=O) groups is 2. The summed E-state index contributed by atoms with van der Waals surface area (Å²) in [6.07, 6.45) is -7.35. The van der Waals surface area contributed by atoms with E-state index in [4.69, 9.17) is 0 Å². The van der Waals surface area contributed by atoms with Crippen molar-refractivity contribution in [3.05, 3.63) is 29.6 Å². The number of nitrogens with zero attached hydrogens (tertiary/aromatic N) is 4. The molecule has 4 heterocycles. The van der Waals surface area contributed by atoms with Crippen LogP contribution >= 0.6 is 0 Å². The Kier molecular flexibility index (Phi) is 5.42. The summed E-state index contributed by atoms with van der Waals surface area (Å²) in [6.45, 7) is 1.68. The summed E-state index contributed by atoms with van der Waals surface area (Å²) in [6, 6.07) is 1.18. The van der Waals surface area contributed by atoms with Crippen LogP contribution in [0.5, 0.6) is 0 Å². The zero-order chi connectivity index (χ0) is 23.2. The largest absolute Gasteiger partial charge is 0.416 e. The first-order valence-electron chi connectivity index (χ1n) is 9.59. The Morgan fingerprint density at radius 1 is 1.16 bits per heavy atom. The fraction of sp³-hybridized carbons (Fsp3) is 0.421. The van der Waals surface area contributed by atoms with Gasteiger partial charge in [0, 0.05) is 24.6 Å². The number of hydrogen-bond acceptors (Lipinski definition) is 6. The number of amides is 2. The second-order valence-corrected chi connectivity index (χ2v) is 7.62. The Hall–Kier alpha value is -3.38. The first-order chi connectivity index (χ1) is 15.0. The Morgan fingerprint density at radius 2 is 1.91 bits per heavy atom. The van der Waals surface area contributed by atoms with Gasteiger partial charge in [0.05, 0.1) is 29.4 Å². The monoisotopic (exact) mass is 456 g/mol. The summed E-state index contributed by atoms with van der Waals surface area (Å²) in [5, 5.41) is 5.01. The van der Waals surface area contributed by atoms with Crippen molar-refractivity contribution in [3.8, 4) is 11.4 Å². The Morgan fingerprint density at radius 3 is 2.56 bits per heavy atom. The van der Waals surface area contributed by atoms with E-state index in [0.29, 0.717) is 6.07 Å². The number of pyridine rings is 1. The van der Waals surface area contributed by atoms with Crippen molar-refractivity contribution < 1.29 is 31.5 Å². The topological polar surface area (TPSA) is 100 Å². The third-order valence-electron chi connectivity index (χ3n) is 5.16. The smallest absolute Gasteiger partial charge is 0.350 e. The maximum atomic E-state index is 13.7. The van der Waals surface area contributed by atoms with Gasteiger partial charge in [0.2, 0.25) is 18.2 Å². The lowest BCUT2D eigenvalue weighted by atomic mass is 9.90. The number of carbonyl (C=O) groups excluding carboxylic acids is 2. The molecule has 32 heavy (non-hydrogen) atoms. The van der Waals surface area contributed by atoms with E-state index in [9.17, 15) is 31.5 Å². The summed E-state index contributed by atoms with van der Waals surface area (Å²) < 4.78 is 68.3. The molecule has 2 amide bonds. The summed E-state index contributed by atoms with van der Waals surface area (Å²) in [5.74, 6) is -3.00. The lowest BCUT2D eigenvalue weighted by molar-refractivity contribution is -0.137. The third kappa shape index (κ3) is 4.18. The molecule has 0 bridgehead atoms. The minimum absolute atomic E-state index is 0.141. The van der Waals surface area contributed by atoms with Crippen LogP contribution in [0.15, 0.2) is 18.5 Å². The molecule has 1 fully saturated rings. The highest BCUT2D eigenvalue weighted by Crippen LogP contribution is 2.41. The van der Waals surface area contributed by atoms with Gasteiger partial charge in [0.1, 0.15) is 18.0 Å². The van der Waals surface area contributed by atoms with Crippen LogP contribution in [0.1, 0.15) is 30.4 Å². The standard InChI is InChI=1S/C19H17F5N6O2/c1-8-5-30(6-14(32)27-8)12-3-9(19(22,23)24)2-11(28-12)16-15-10(17(20)21)4-13(31)29-18(15)26-7-25-16/h2-3,7-8,10,17H,4-6H2,1H3,(H,27,32)(H,25,26,29,31)/t8-,10+/m0/s1. The molecule has 0 aromatic carbocycles. The predicted molar refractivity (Wildman–Crippen MR) is 102 cm³/mol. The van der Waals surface area contributed by atoms with Crippen molar-refractivity contribution in [2.45, 2.75) is 37.9 Å². The lowest BCUT2D eigenvalue weighted by Crippen LogP contribution is -2.53. The summed E-state index contributed by atoms with van der Waals surface area (Å²) in [7, 11) is 0. The average molecular weight is 456 g/mol. The number of alkyl halides is 5. The molecule has 2 aromatic heterocycles. The molecule has 0 unspecified atom stereocenters. The number of halogens is 5. The van der Waals surface area contributed by atoms with Gasteiger partial charge in [-0.05, 0) is 19.1 Å². The van der Waals surface area contributed by atoms with Gasteiger partial charge in [-0.1, -0.05) is 0 Å². The third-order valence-corrected chi connectivity index (χ3v) is 5.16. The average Bonchev–Trinajstić information content (AvgIpc) is 2.70. The molecule has 4 rings (SSSR count). The first-order valence-corrected chi connectivity index (χ1v) is 9.59. The Labute approximate surface area is 178 Å². The molecule has 13 heteroatoms. The predicted octanol–water partition coefficient (Wildman–Crippen LogP) is 2.57. The number of aromatic nitrogens is 3. The van der Waals surface area contributed by atoms with Crippen molar-refractivity contribution in [2.24, 2.45) is 0 Å². The normalized spacial score (nSPS) is 21.3. The maximum absolute atomic E-state index is 13.7. The molecule has 8 nitrogen and oxygen atoms in total. The van der Waals surface area contributed by atoms with Gasteiger partial charge in [0.15, 0.2) is 0 Å². The van der Waals surface area contributed by atoms with Crippen molar-refractivity contribution in [1.82, 2.24) is 20.3 Å². The minimum Gasteiger partial charge on any atom is -0.350 e. The fourth-order valence-corrected chi connectivity index (χ4v) is 3.82. The van der Waals surface area contributed by atoms with Crippen LogP contribution in [0.25, 0.3) is 11.4 Å². The van der Waals surface area contributed by atoms with Crippen molar-refractivity contribution >= 4 is 23.5 Å². The number of fused-ring (bicyclic) bond motifs is 1. The molecule has 1 saturated heterocycles. The van der Waals surface area contributed by atoms with Gasteiger partial charge in [0.25, 0.3) is 0 Å². The van der Waals surface area contributed by atoms with Crippen LogP contribution in [0, 0.1) is 0 Å². The summed E-state index contributed by atoms with van der Waals surface area (Å²) in [4.78, 5) is 37.0. The Bertz CT molecular complexity index is 1080. The van der Waals surface area contributed by atoms with Gasteiger partial charge in [-0.25, -0.2) is 23.7 Å². The molecular weight excluding hydrogens is 439 g/mol. The molecule has 2 atom stereocenters. The number of nitrogens with one attached hydrogen (secondary N) is 2. The maximum Gasteiger partial charge on any atom is 0.416 e. The van der Waals surface area contributed by atoms with Crippen LogP contribution in [0.2, 0.25) is 0 Å². The number of piperazine rings is 1. The molecule has 0 saturated carbocycles. The second kappa shape index (κ2) is 7.95. The van der Waals surface area contributed by atoms with Gasteiger partial charge in [-0.15, -0.1) is 0 Å². The van der Waals surface area contributed by atoms with E-state index in [0.717, 1.165) is 12.4 Å². The van der Waals surface area contributed by atoms with E-state index in [2.05, 4.69) is 25.6 Å². The minimum atomic E-state index is -4.76. The van der Waals surface area contributed by atoms with E-state index in [1.54, 1.807) is 6.92 Å². The van der Waals surface area contributed by atoms with Gasteiger partial charge >= 0.3 is 6.18 Å². The quantitative estimate of drug-likeness (QED) is 0.689. The summed E-state index contributed by atoms with van der Waals surface area (Å²) >= 11 is 0. The fourth-order valence-electron chi connectivity index (χ4n) is 3.82. The molecule has 0 spiro atoms. The van der Waals surface area contributed by atoms with E-state index in [1.165, 1.54) is 4.90 Å². The SMILES string of the molecule is C[C@H]1CN(c2cc(C(F)(F)F)cc(-c3ncnc4c3[C@H](C(F)F)CC(=O)N4)n2)CC(=O)N1. The molecule has 2 aromatic rings. The number of rotatable bonds is 3. The molecule has 0 radical (unpaired) electrons. The van der Waals surface area contributed by atoms with Gasteiger partial charge in [-0.2, -0.15) is 13.2 Å². The number of anilines is 2. The van der Waals surface area contributed by atoms with E-state index >= 15 is 0 Å². The molecule has 2 N–H and O–H groups in total. The lowest BCUT2D eigenvalue weighted by Gasteiger charge is -2.32. The van der Waals surface area contributed by atoms with Crippen LogP contribution in [0.4, 0.5) is 33.6 Å². The molecule has 2 aliphatic rings. The van der Waals surface area contributed by atoms with Crippen LogP contribution in [-0.2, 0) is 15.8 Å². The van der Waals surface area contributed by atoms with E-state index in [1.807, 2.05) is 0 Å². The summed E-state index contributed by atoms with van der Waals surface area (Å²) in [5.41, 5.74) is -1.79. The van der Waals surface area contributed by atoms with Crippen LogP contribution in [0.3, 0.4) is 0 Å². The second-order valence-electron chi connectivity index (χ2n) is 7.62. The highest BCUT2D eigenvalue weighted by molar-refractivity contribution is 5.95. The molecule has 2 aliphatic heterocycles. The zero-order valence-corrected chi connectivity index (χ0v) is 16.6. The van der Waals surface area contributed by atoms with Gasteiger partial charge in [-0.3, -0.25) is 9.59 Å². The van der Waals surface area contributed by atoms with Crippen LogP contribution < -0.4 is 15.5 Å². The van der Waals surface area contributed by atoms with Crippen molar-refractivity contribution in [2.75, 3.05) is 23.3 Å². The first kappa shape index (κ1) is 21.8. The highest BCUT2D eigenvalue weighted by Gasteiger charge is 2.38. The molecule has 0 aliphatic carbocycles. The number of hydrogen-bond donors (Lipinski definition) is 2. The van der Waals surface area contributed by atoms with Crippen LogP contribution in [-0.4, -0.2) is 52.3 Å². The zero-order valence-electron chi connectivity index (χ0n) is 16.6. The molecular formula is C19H17F5N6O2. The van der Waals surface area contributed by atoms with Crippen molar-refractivity contribution in [1.29, 1.82) is 0 Å². The Balaban J connectivity index is 1.89. The van der Waals surface area contributed by atoms with E-state index < -0.39 is 36.4 Å².